The molecule has 8 heteroatoms. The van der Waals surface area contributed by atoms with Crippen LogP contribution in [0, 0.1) is 0 Å². The molecular weight excluding hydrogens is 234 g/mol. The summed E-state index contributed by atoms with van der Waals surface area (Å²) in [4.78, 5) is 8.06. The summed E-state index contributed by atoms with van der Waals surface area (Å²) in [7, 11) is 0. The van der Waals surface area contributed by atoms with Gasteiger partial charge in [0, 0.05) is 6.54 Å². The van der Waals surface area contributed by atoms with Gasteiger partial charge in [-0.05, 0) is 6.92 Å². The zero-order valence-corrected chi connectivity index (χ0v) is 9.66. The second-order valence-corrected chi connectivity index (χ2v) is 3.65. The Labute approximate surface area is 102 Å². The first-order chi connectivity index (χ1) is 8.76. The summed E-state index contributed by atoms with van der Waals surface area (Å²) in [5, 5.41) is 11.4. The third-order valence-corrected chi connectivity index (χ3v) is 2.44. The maximum Gasteiger partial charge on any atom is 0.235 e. The molecule has 3 rings (SSSR count). The molecule has 0 aliphatic rings. The van der Waals surface area contributed by atoms with E-state index < -0.39 is 0 Å². The fraction of sp³-hybridized carbons (Fsp3) is 0.200. The second kappa shape index (κ2) is 3.99. The highest BCUT2D eigenvalue weighted by Gasteiger charge is 2.11. The van der Waals surface area contributed by atoms with Crippen LogP contribution in [0.1, 0.15) is 6.92 Å². The third-order valence-electron chi connectivity index (χ3n) is 2.44. The Kier molecular flexibility index (Phi) is 2.33. The smallest absolute Gasteiger partial charge is 0.235 e. The summed E-state index contributed by atoms with van der Waals surface area (Å²) >= 11 is 0. The van der Waals surface area contributed by atoms with Crippen LogP contribution in [0.3, 0.4) is 0 Å². The van der Waals surface area contributed by atoms with Crippen LogP contribution in [0.2, 0.25) is 0 Å². The number of nitrogens with one attached hydrogen (secondary N) is 1. The fourth-order valence-corrected chi connectivity index (χ4v) is 1.58. The van der Waals surface area contributed by atoms with Gasteiger partial charge in [-0.3, -0.25) is 9.78 Å². The van der Waals surface area contributed by atoms with E-state index in [1.54, 1.807) is 23.3 Å². The highest BCUT2D eigenvalue weighted by molar-refractivity contribution is 5.80. The fourth-order valence-electron chi connectivity index (χ4n) is 1.58. The molecule has 92 valence electrons. The SMILES string of the molecule is CCn1cc(Oc2nc(N)nc3[nH]ncc23)cn1. The molecule has 0 amide bonds. The third kappa shape index (κ3) is 1.73. The van der Waals surface area contributed by atoms with Crippen molar-refractivity contribution in [3.05, 3.63) is 18.6 Å². The maximum absolute atomic E-state index is 5.64. The Balaban J connectivity index is 2.00. The molecule has 0 radical (unpaired) electrons. The topological polar surface area (TPSA) is 108 Å². The van der Waals surface area contributed by atoms with Crippen LogP contribution >= 0.6 is 0 Å². The molecule has 0 spiro atoms. The van der Waals surface area contributed by atoms with Gasteiger partial charge in [0.25, 0.3) is 0 Å². The molecule has 0 aliphatic carbocycles. The van der Waals surface area contributed by atoms with Crippen LogP contribution in [0.5, 0.6) is 11.6 Å². The molecule has 0 aliphatic heterocycles. The summed E-state index contributed by atoms with van der Waals surface area (Å²) in [5.74, 6) is 1.09. The molecule has 0 atom stereocenters. The Bertz CT molecular complexity index is 686. The number of aromatic nitrogens is 6. The van der Waals surface area contributed by atoms with Crippen molar-refractivity contribution in [3.63, 3.8) is 0 Å². The Morgan fingerprint density at radius 1 is 1.39 bits per heavy atom. The number of nitrogen functional groups attached to an aromatic ring is 1. The molecule has 3 heterocycles. The number of hydrogen-bond donors (Lipinski definition) is 2. The normalized spacial score (nSPS) is 10.9. The summed E-state index contributed by atoms with van der Waals surface area (Å²) in [6.07, 6.45) is 4.99. The van der Waals surface area contributed by atoms with Crippen LogP contribution in [0.4, 0.5) is 5.95 Å². The first-order valence-corrected chi connectivity index (χ1v) is 5.43. The number of hydrogen-bond acceptors (Lipinski definition) is 6. The lowest BCUT2D eigenvalue weighted by Crippen LogP contribution is -1.97. The van der Waals surface area contributed by atoms with E-state index in [2.05, 4.69) is 25.3 Å². The Hall–Kier alpha value is -2.64. The quantitative estimate of drug-likeness (QED) is 0.711. The van der Waals surface area contributed by atoms with Gasteiger partial charge < -0.3 is 10.5 Å². The average Bonchev–Trinajstić information content (AvgIpc) is 2.97. The number of fused-ring (bicyclic) bond motifs is 1. The van der Waals surface area contributed by atoms with Crippen molar-refractivity contribution in [2.45, 2.75) is 13.5 Å². The van der Waals surface area contributed by atoms with Crippen LogP contribution < -0.4 is 10.5 Å². The van der Waals surface area contributed by atoms with Gasteiger partial charge in [-0.15, -0.1) is 0 Å². The first kappa shape index (κ1) is 10.5. The molecule has 0 aromatic carbocycles. The Morgan fingerprint density at radius 2 is 2.28 bits per heavy atom. The molecule has 0 saturated heterocycles. The van der Waals surface area contributed by atoms with E-state index in [1.165, 1.54) is 0 Å². The predicted octanol–water partition coefficient (Wildman–Crippen LogP) is 0.944. The van der Waals surface area contributed by atoms with Crippen molar-refractivity contribution in [2.24, 2.45) is 0 Å². The van der Waals surface area contributed by atoms with E-state index >= 15 is 0 Å². The molecule has 18 heavy (non-hydrogen) atoms. The number of ether oxygens (including phenoxy) is 1. The number of nitrogens with two attached hydrogens (primary N) is 1. The van der Waals surface area contributed by atoms with Gasteiger partial charge in [0.2, 0.25) is 11.8 Å². The van der Waals surface area contributed by atoms with Gasteiger partial charge in [-0.2, -0.15) is 20.2 Å². The lowest BCUT2D eigenvalue weighted by atomic mass is 10.4. The van der Waals surface area contributed by atoms with Gasteiger partial charge in [-0.1, -0.05) is 0 Å². The number of aromatic amines is 1. The summed E-state index contributed by atoms with van der Waals surface area (Å²) in [6.45, 7) is 2.77. The minimum Gasteiger partial charge on any atom is -0.435 e. The first-order valence-electron chi connectivity index (χ1n) is 5.43. The summed E-state index contributed by atoms with van der Waals surface area (Å²) in [5.41, 5.74) is 6.14. The number of H-pyrrole nitrogens is 1. The van der Waals surface area contributed by atoms with Crippen molar-refractivity contribution in [1.82, 2.24) is 29.9 Å². The molecule has 0 bridgehead atoms. The largest absolute Gasteiger partial charge is 0.435 e. The van der Waals surface area contributed by atoms with Crippen LogP contribution in [-0.2, 0) is 6.54 Å². The lowest BCUT2D eigenvalue weighted by Gasteiger charge is -2.03. The van der Waals surface area contributed by atoms with E-state index in [0.717, 1.165) is 6.54 Å². The summed E-state index contributed by atoms with van der Waals surface area (Å²) < 4.78 is 7.40. The molecule has 3 N–H and O–H groups in total. The molecule has 8 nitrogen and oxygen atoms in total. The van der Waals surface area contributed by atoms with Crippen molar-refractivity contribution in [3.8, 4) is 11.6 Å². The summed E-state index contributed by atoms with van der Waals surface area (Å²) in [6, 6.07) is 0. The number of nitrogens with zero attached hydrogens (tertiary/aromatic N) is 5. The van der Waals surface area contributed by atoms with E-state index in [4.69, 9.17) is 10.5 Å². The zero-order chi connectivity index (χ0) is 12.5. The monoisotopic (exact) mass is 245 g/mol. The molecule has 3 aromatic heterocycles. The van der Waals surface area contributed by atoms with E-state index in [-0.39, 0.29) is 5.95 Å². The van der Waals surface area contributed by atoms with E-state index in [0.29, 0.717) is 22.7 Å². The Morgan fingerprint density at radius 3 is 3.06 bits per heavy atom. The zero-order valence-electron chi connectivity index (χ0n) is 9.66. The lowest BCUT2D eigenvalue weighted by molar-refractivity contribution is 0.468. The van der Waals surface area contributed by atoms with Crippen molar-refractivity contribution >= 4 is 17.0 Å². The van der Waals surface area contributed by atoms with Gasteiger partial charge in [0.15, 0.2) is 11.4 Å². The van der Waals surface area contributed by atoms with Crippen LogP contribution in [-0.4, -0.2) is 29.9 Å². The van der Waals surface area contributed by atoms with Gasteiger partial charge in [0.1, 0.15) is 5.39 Å². The second-order valence-electron chi connectivity index (χ2n) is 3.65. The van der Waals surface area contributed by atoms with Crippen molar-refractivity contribution in [2.75, 3.05) is 5.73 Å². The molecule has 3 aromatic rings. The van der Waals surface area contributed by atoms with Crippen molar-refractivity contribution < 1.29 is 4.74 Å². The predicted molar refractivity (Wildman–Crippen MR) is 64.1 cm³/mol. The number of rotatable bonds is 3. The molecular formula is C10H11N7O. The number of aryl methyl sites for hydroxylation is 1. The number of anilines is 1. The van der Waals surface area contributed by atoms with Gasteiger partial charge in [-0.25, -0.2) is 0 Å². The van der Waals surface area contributed by atoms with Crippen LogP contribution in [0.25, 0.3) is 11.0 Å². The maximum atomic E-state index is 5.64. The average molecular weight is 245 g/mol. The van der Waals surface area contributed by atoms with E-state index in [9.17, 15) is 0 Å². The highest BCUT2D eigenvalue weighted by atomic mass is 16.5. The van der Waals surface area contributed by atoms with Gasteiger partial charge >= 0.3 is 0 Å². The van der Waals surface area contributed by atoms with Crippen LogP contribution in [0.15, 0.2) is 18.6 Å². The highest BCUT2D eigenvalue weighted by Crippen LogP contribution is 2.26. The minimum atomic E-state index is 0.129. The van der Waals surface area contributed by atoms with Crippen molar-refractivity contribution in [1.29, 1.82) is 0 Å². The van der Waals surface area contributed by atoms with E-state index in [1.807, 2.05) is 6.92 Å². The molecule has 0 fully saturated rings. The van der Waals surface area contributed by atoms with Gasteiger partial charge in [0.05, 0.1) is 18.6 Å². The molecule has 0 saturated carbocycles. The minimum absolute atomic E-state index is 0.129. The standard InChI is InChI=1S/C10H11N7O/c1-2-17-5-6(3-13-17)18-9-7-4-12-16-8(7)14-10(11)15-9/h3-5H,2H2,1H3,(H3,11,12,14,15,16). The molecule has 0 unspecified atom stereocenters.